The van der Waals surface area contributed by atoms with Crippen LogP contribution in [0.1, 0.15) is 12.5 Å². The number of amides is 1. The van der Waals surface area contributed by atoms with Crippen LogP contribution in [0.4, 0.5) is 0 Å². The summed E-state index contributed by atoms with van der Waals surface area (Å²) in [6.45, 7) is 4.69. The molecule has 4 heteroatoms. The SMILES string of the molecule is C[C@@H]1CNCCN1C(=O)Cc1cccc(Br)c1. The Morgan fingerprint density at radius 3 is 3.12 bits per heavy atom. The lowest BCUT2D eigenvalue weighted by Gasteiger charge is -2.34. The van der Waals surface area contributed by atoms with Gasteiger partial charge in [-0.15, -0.1) is 0 Å². The molecule has 1 heterocycles. The molecule has 2 rings (SSSR count). The average Bonchev–Trinajstić information content (AvgIpc) is 2.29. The van der Waals surface area contributed by atoms with E-state index in [9.17, 15) is 4.79 Å². The summed E-state index contributed by atoms with van der Waals surface area (Å²) in [6.07, 6.45) is 0.490. The van der Waals surface area contributed by atoms with Gasteiger partial charge in [-0.05, 0) is 24.6 Å². The second kappa shape index (κ2) is 5.65. The molecule has 0 saturated carbocycles. The van der Waals surface area contributed by atoms with Gasteiger partial charge in [0.05, 0.1) is 6.42 Å². The first kappa shape index (κ1) is 12.6. The van der Waals surface area contributed by atoms with E-state index in [1.54, 1.807) is 0 Å². The first-order valence-corrected chi connectivity index (χ1v) is 6.71. The van der Waals surface area contributed by atoms with Gasteiger partial charge in [-0.25, -0.2) is 0 Å². The summed E-state index contributed by atoms with van der Waals surface area (Å²) in [5, 5.41) is 3.29. The Kier molecular flexibility index (Phi) is 4.18. The average molecular weight is 297 g/mol. The van der Waals surface area contributed by atoms with Crippen molar-refractivity contribution in [3.8, 4) is 0 Å². The Hall–Kier alpha value is -0.870. The van der Waals surface area contributed by atoms with Gasteiger partial charge in [-0.3, -0.25) is 4.79 Å². The molecule has 1 atom stereocenters. The Bertz CT molecular complexity index is 408. The number of hydrogen-bond acceptors (Lipinski definition) is 2. The van der Waals surface area contributed by atoms with Crippen molar-refractivity contribution in [3.63, 3.8) is 0 Å². The van der Waals surface area contributed by atoms with Crippen molar-refractivity contribution in [2.24, 2.45) is 0 Å². The predicted molar refractivity (Wildman–Crippen MR) is 71.9 cm³/mol. The number of carbonyl (C=O) groups is 1. The molecule has 1 aliphatic rings. The molecule has 0 aliphatic carbocycles. The van der Waals surface area contributed by atoms with Gasteiger partial charge in [0.2, 0.25) is 5.91 Å². The molecule has 1 N–H and O–H groups in total. The number of nitrogens with zero attached hydrogens (tertiary/aromatic N) is 1. The van der Waals surface area contributed by atoms with Crippen molar-refractivity contribution in [3.05, 3.63) is 34.3 Å². The predicted octanol–water partition coefficient (Wildman–Crippen LogP) is 1.81. The largest absolute Gasteiger partial charge is 0.337 e. The number of halogens is 1. The molecule has 92 valence electrons. The van der Waals surface area contributed by atoms with Gasteiger partial charge < -0.3 is 10.2 Å². The summed E-state index contributed by atoms with van der Waals surface area (Å²) in [4.78, 5) is 14.1. The molecule has 17 heavy (non-hydrogen) atoms. The van der Waals surface area contributed by atoms with Crippen LogP contribution < -0.4 is 5.32 Å². The van der Waals surface area contributed by atoms with Gasteiger partial charge >= 0.3 is 0 Å². The van der Waals surface area contributed by atoms with E-state index in [1.807, 2.05) is 29.2 Å². The van der Waals surface area contributed by atoms with Crippen molar-refractivity contribution >= 4 is 21.8 Å². The monoisotopic (exact) mass is 296 g/mol. The summed E-state index contributed by atoms with van der Waals surface area (Å²) in [5.74, 6) is 0.220. The van der Waals surface area contributed by atoms with Gasteiger partial charge in [0.15, 0.2) is 0 Å². The second-order valence-corrected chi connectivity index (χ2v) is 5.36. The van der Waals surface area contributed by atoms with Crippen LogP contribution in [0.25, 0.3) is 0 Å². The molecule has 0 bridgehead atoms. The van der Waals surface area contributed by atoms with E-state index < -0.39 is 0 Å². The van der Waals surface area contributed by atoms with Crippen molar-refractivity contribution in [1.82, 2.24) is 10.2 Å². The van der Waals surface area contributed by atoms with Crippen molar-refractivity contribution < 1.29 is 4.79 Å². The topological polar surface area (TPSA) is 32.3 Å². The van der Waals surface area contributed by atoms with Gasteiger partial charge in [-0.1, -0.05) is 28.1 Å². The van der Waals surface area contributed by atoms with Crippen LogP contribution in [0, 0.1) is 0 Å². The number of piperazine rings is 1. The fourth-order valence-electron chi connectivity index (χ4n) is 2.13. The number of rotatable bonds is 2. The Morgan fingerprint density at radius 2 is 2.41 bits per heavy atom. The van der Waals surface area contributed by atoms with Crippen molar-refractivity contribution in [1.29, 1.82) is 0 Å². The Balaban J connectivity index is 2.01. The quantitative estimate of drug-likeness (QED) is 0.903. The zero-order valence-corrected chi connectivity index (χ0v) is 11.5. The standard InChI is InChI=1S/C13H17BrN2O/c1-10-9-15-5-6-16(10)13(17)8-11-3-2-4-12(14)7-11/h2-4,7,10,15H,5-6,8-9H2,1H3/t10-/m1/s1. The third-order valence-electron chi connectivity index (χ3n) is 3.07. The van der Waals surface area contributed by atoms with Gasteiger partial charge in [-0.2, -0.15) is 0 Å². The fourth-order valence-corrected chi connectivity index (χ4v) is 2.58. The van der Waals surface area contributed by atoms with Gasteiger partial charge in [0.1, 0.15) is 0 Å². The molecule has 1 amide bonds. The number of nitrogens with one attached hydrogen (secondary N) is 1. The lowest BCUT2D eigenvalue weighted by Crippen LogP contribution is -2.52. The van der Waals surface area contributed by atoms with Gasteiger partial charge in [0.25, 0.3) is 0 Å². The summed E-state index contributed by atoms with van der Waals surface area (Å²) < 4.78 is 1.02. The van der Waals surface area contributed by atoms with Gasteiger partial charge in [0, 0.05) is 30.1 Å². The third-order valence-corrected chi connectivity index (χ3v) is 3.56. The molecular weight excluding hydrogens is 280 g/mol. The van der Waals surface area contributed by atoms with Crippen LogP contribution in [0.2, 0.25) is 0 Å². The molecule has 1 fully saturated rings. The molecule has 3 nitrogen and oxygen atoms in total. The van der Waals surface area contributed by atoms with E-state index >= 15 is 0 Å². The second-order valence-electron chi connectivity index (χ2n) is 4.45. The summed E-state index contributed by atoms with van der Waals surface area (Å²) in [5.41, 5.74) is 1.06. The summed E-state index contributed by atoms with van der Waals surface area (Å²) in [6, 6.07) is 8.23. The molecule has 1 aromatic carbocycles. The van der Waals surface area contributed by atoms with E-state index in [4.69, 9.17) is 0 Å². The number of hydrogen-bond donors (Lipinski definition) is 1. The maximum Gasteiger partial charge on any atom is 0.227 e. The number of benzene rings is 1. The summed E-state index contributed by atoms with van der Waals surface area (Å²) in [7, 11) is 0. The van der Waals surface area contributed by atoms with E-state index in [2.05, 4.69) is 28.2 Å². The minimum absolute atomic E-state index is 0.220. The molecule has 1 aliphatic heterocycles. The minimum Gasteiger partial charge on any atom is -0.337 e. The third kappa shape index (κ3) is 3.30. The Labute approximate surface area is 110 Å². The van der Waals surface area contributed by atoms with Crippen LogP contribution in [0.15, 0.2) is 28.7 Å². The molecule has 0 radical (unpaired) electrons. The van der Waals surface area contributed by atoms with Crippen molar-refractivity contribution in [2.75, 3.05) is 19.6 Å². The molecule has 0 aromatic heterocycles. The smallest absolute Gasteiger partial charge is 0.227 e. The van der Waals surface area contributed by atoms with E-state index in [0.717, 1.165) is 29.7 Å². The highest BCUT2D eigenvalue weighted by Crippen LogP contribution is 2.14. The highest BCUT2D eigenvalue weighted by Gasteiger charge is 2.22. The van der Waals surface area contributed by atoms with Crippen LogP contribution in [-0.2, 0) is 11.2 Å². The molecule has 0 spiro atoms. The summed E-state index contributed by atoms with van der Waals surface area (Å²) >= 11 is 3.43. The highest BCUT2D eigenvalue weighted by molar-refractivity contribution is 9.10. The van der Waals surface area contributed by atoms with Crippen LogP contribution in [0.5, 0.6) is 0 Å². The van der Waals surface area contributed by atoms with Crippen molar-refractivity contribution in [2.45, 2.75) is 19.4 Å². The van der Waals surface area contributed by atoms with E-state index in [0.29, 0.717) is 12.5 Å². The molecular formula is C13H17BrN2O. The van der Waals surface area contributed by atoms with E-state index in [-0.39, 0.29) is 5.91 Å². The zero-order chi connectivity index (χ0) is 12.3. The number of carbonyl (C=O) groups excluding carboxylic acids is 1. The maximum absolute atomic E-state index is 12.2. The molecule has 1 aromatic rings. The highest BCUT2D eigenvalue weighted by atomic mass is 79.9. The van der Waals surface area contributed by atoms with E-state index in [1.165, 1.54) is 0 Å². The lowest BCUT2D eigenvalue weighted by atomic mass is 10.1. The maximum atomic E-state index is 12.2. The first-order chi connectivity index (χ1) is 8.16. The lowest BCUT2D eigenvalue weighted by molar-refractivity contribution is -0.133. The minimum atomic E-state index is 0.220. The zero-order valence-electron chi connectivity index (χ0n) is 9.95. The molecule has 1 saturated heterocycles. The van der Waals surface area contributed by atoms with Crippen LogP contribution in [-0.4, -0.2) is 36.5 Å². The van der Waals surface area contributed by atoms with Crippen LogP contribution in [0.3, 0.4) is 0 Å². The molecule has 0 unspecified atom stereocenters. The first-order valence-electron chi connectivity index (χ1n) is 5.91. The van der Waals surface area contributed by atoms with Crippen LogP contribution >= 0.6 is 15.9 Å². The fraction of sp³-hybridized carbons (Fsp3) is 0.462. The Morgan fingerprint density at radius 1 is 1.59 bits per heavy atom. The normalized spacial score (nSPS) is 20.4.